The van der Waals surface area contributed by atoms with Crippen molar-refractivity contribution in [2.75, 3.05) is 18.4 Å². The van der Waals surface area contributed by atoms with Crippen molar-refractivity contribution in [2.24, 2.45) is 5.73 Å². The third-order valence-corrected chi connectivity index (χ3v) is 3.42. The van der Waals surface area contributed by atoms with E-state index in [0.717, 1.165) is 23.1 Å². The summed E-state index contributed by atoms with van der Waals surface area (Å²) in [5, 5.41) is 4.25. The average Bonchev–Trinajstić information content (AvgIpc) is 2.45. The van der Waals surface area contributed by atoms with Gasteiger partial charge in [0.15, 0.2) is 6.29 Å². The lowest BCUT2D eigenvalue weighted by Crippen LogP contribution is -2.13. The Balaban J connectivity index is 2.49. The Morgan fingerprint density at radius 2 is 1.90 bits per heavy atom. The minimum absolute atomic E-state index is 0.511. The van der Waals surface area contributed by atoms with Crippen molar-refractivity contribution in [3.8, 4) is 11.1 Å². The van der Waals surface area contributed by atoms with Crippen LogP contribution >= 0.6 is 23.2 Å². The Morgan fingerprint density at radius 3 is 2.55 bits per heavy atom. The summed E-state index contributed by atoms with van der Waals surface area (Å²) in [6.07, 6.45) is 0.812. The minimum atomic E-state index is 0.511. The zero-order chi connectivity index (χ0) is 14.5. The molecule has 20 heavy (non-hydrogen) atoms. The maximum atomic E-state index is 11.2. The predicted octanol–water partition coefficient (Wildman–Crippen LogP) is 3.84. The highest BCUT2D eigenvalue weighted by molar-refractivity contribution is 6.36. The number of aldehydes is 1. The monoisotopic (exact) mass is 308 g/mol. The Morgan fingerprint density at radius 1 is 1.10 bits per heavy atom. The second-order valence-electron chi connectivity index (χ2n) is 4.26. The first-order valence-corrected chi connectivity index (χ1v) is 6.90. The van der Waals surface area contributed by atoms with Crippen LogP contribution in [0.3, 0.4) is 0 Å². The second-order valence-corrected chi connectivity index (χ2v) is 5.10. The van der Waals surface area contributed by atoms with E-state index in [9.17, 15) is 4.79 Å². The van der Waals surface area contributed by atoms with Gasteiger partial charge in [-0.2, -0.15) is 0 Å². The Kier molecular flexibility index (Phi) is 5.01. The molecule has 104 valence electrons. The molecule has 0 spiro atoms. The van der Waals surface area contributed by atoms with Crippen molar-refractivity contribution in [3.63, 3.8) is 0 Å². The van der Waals surface area contributed by atoms with Gasteiger partial charge in [0.25, 0.3) is 0 Å². The first-order chi connectivity index (χ1) is 9.65. The van der Waals surface area contributed by atoms with Gasteiger partial charge in [0.2, 0.25) is 0 Å². The number of rotatable bonds is 5. The molecular formula is C15H14Cl2N2O. The van der Waals surface area contributed by atoms with Gasteiger partial charge in [-0.3, -0.25) is 4.79 Å². The number of anilines is 1. The fourth-order valence-electron chi connectivity index (χ4n) is 1.93. The van der Waals surface area contributed by atoms with E-state index in [1.165, 1.54) is 0 Å². The van der Waals surface area contributed by atoms with E-state index in [0.29, 0.717) is 28.7 Å². The maximum absolute atomic E-state index is 11.2. The molecule has 5 heteroatoms. The number of halogens is 2. The molecule has 0 unspecified atom stereocenters. The van der Waals surface area contributed by atoms with E-state index < -0.39 is 0 Å². The molecular weight excluding hydrogens is 295 g/mol. The van der Waals surface area contributed by atoms with Crippen LogP contribution in [-0.4, -0.2) is 19.4 Å². The van der Waals surface area contributed by atoms with Gasteiger partial charge >= 0.3 is 0 Å². The Hall–Kier alpha value is -1.55. The van der Waals surface area contributed by atoms with Crippen LogP contribution in [0.2, 0.25) is 10.0 Å². The van der Waals surface area contributed by atoms with E-state index >= 15 is 0 Å². The van der Waals surface area contributed by atoms with Crippen molar-refractivity contribution >= 4 is 35.2 Å². The van der Waals surface area contributed by atoms with Crippen LogP contribution < -0.4 is 11.1 Å². The molecule has 2 rings (SSSR count). The predicted molar refractivity (Wildman–Crippen MR) is 84.8 cm³/mol. The largest absolute Gasteiger partial charge is 0.384 e. The van der Waals surface area contributed by atoms with Gasteiger partial charge < -0.3 is 11.1 Å². The number of hydrogen-bond donors (Lipinski definition) is 2. The first-order valence-electron chi connectivity index (χ1n) is 6.14. The fraction of sp³-hybridized carbons (Fsp3) is 0.133. The summed E-state index contributed by atoms with van der Waals surface area (Å²) in [6.45, 7) is 1.20. The molecule has 0 heterocycles. The molecule has 0 saturated heterocycles. The lowest BCUT2D eigenvalue weighted by Gasteiger charge is -2.11. The fourth-order valence-corrected chi connectivity index (χ4v) is 2.44. The molecule has 0 radical (unpaired) electrons. The summed E-state index contributed by atoms with van der Waals surface area (Å²) >= 11 is 12.1. The van der Waals surface area contributed by atoms with Crippen LogP contribution in [0.4, 0.5) is 5.69 Å². The molecule has 0 amide bonds. The van der Waals surface area contributed by atoms with Crippen LogP contribution in [0.25, 0.3) is 11.1 Å². The van der Waals surface area contributed by atoms with Crippen molar-refractivity contribution in [1.29, 1.82) is 0 Å². The van der Waals surface area contributed by atoms with E-state index in [-0.39, 0.29) is 0 Å². The Labute approximate surface area is 127 Å². The number of nitrogens with two attached hydrogens (primary N) is 1. The third-order valence-electron chi connectivity index (χ3n) is 2.88. The highest BCUT2D eigenvalue weighted by Crippen LogP contribution is 2.33. The summed E-state index contributed by atoms with van der Waals surface area (Å²) in [4.78, 5) is 11.2. The maximum Gasteiger partial charge on any atom is 0.150 e. The van der Waals surface area contributed by atoms with Crippen LogP contribution in [0.1, 0.15) is 10.4 Å². The van der Waals surface area contributed by atoms with Crippen molar-refractivity contribution < 1.29 is 4.79 Å². The van der Waals surface area contributed by atoms with Crippen molar-refractivity contribution in [1.82, 2.24) is 0 Å². The molecule has 0 aliphatic rings. The Bertz CT molecular complexity index is 629. The van der Waals surface area contributed by atoms with Gasteiger partial charge in [-0.05, 0) is 35.9 Å². The summed E-state index contributed by atoms with van der Waals surface area (Å²) in [7, 11) is 0. The molecule has 2 aromatic rings. The number of carbonyl (C=O) groups excluding carboxylic acids is 1. The van der Waals surface area contributed by atoms with E-state index in [1.54, 1.807) is 24.3 Å². The zero-order valence-corrected chi connectivity index (χ0v) is 12.2. The molecule has 0 aliphatic heterocycles. The summed E-state index contributed by atoms with van der Waals surface area (Å²) in [5.74, 6) is 0. The van der Waals surface area contributed by atoms with Gasteiger partial charge in [0.05, 0.1) is 0 Å². The van der Waals surface area contributed by atoms with Crippen molar-refractivity contribution in [2.45, 2.75) is 0 Å². The zero-order valence-electron chi connectivity index (χ0n) is 10.7. The molecule has 0 bridgehead atoms. The normalized spacial score (nSPS) is 10.3. The molecule has 0 aromatic heterocycles. The number of nitrogens with one attached hydrogen (secondary N) is 1. The molecule has 0 saturated carbocycles. The molecule has 0 aliphatic carbocycles. The van der Waals surface area contributed by atoms with Crippen molar-refractivity contribution in [3.05, 3.63) is 52.0 Å². The number of benzene rings is 2. The average molecular weight is 309 g/mol. The van der Waals surface area contributed by atoms with Crippen LogP contribution in [0.15, 0.2) is 36.4 Å². The highest BCUT2D eigenvalue weighted by atomic mass is 35.5. The third kappa shape index (κ3) is 3.31. The van der Waals surface area contributed by atoms with Crippen LogP contribution in [0.5, 0.6) is 0 Å². The summed E-state index contributed by atoms with van der Waals surface area (Å²) < 4.78 is 0. The van der Waals surface area contributed by atoms with Gasteiger partial charge in [0.1, 0.15) is 0 Å². The van der Waals surface area contributed by atoms with E-state index in [4.69, 9.17) is 28.9 Å². The second kappa shape index (κ2) is 6.75. The lowest BCUT2D eigenvalue weighted by molar-refractivity contribution is 0.112. The van der Waals surface area contributed by atoms with Crippen LogP contribution in [-0.2, 0) is 0 Å². The molecule has 2 aromatic carbocycles. The number of hydrogen-bond acceptors (Lipinski definition) is 3. The van der Waals surface area contributed by atoms with Gasteiger partial charge in [-0.15, -0.1) is 0 Å². The molecule has 3 nitrogen and oxygen atoms in total. The van der Waals surface area contributed by atoms with Gasteiger partial charge in [-0.25, -0.2) is 0 Å². The lowest BCUT2D eigenvalue weighted by atomic mass is 9.99. The standard InChI is InChI=1S/C15H14Cl2N2O/c16-11-2-4-13(15(17)7-11)14-8-12(19-6-5-18)3-1-10(14)9-20/h1-4,7-9,19H,5-6,18H2. The minimum Gasteiger partial charge on any atom is -0.384 e. The van der Waals surface area contributed by atoms with E-state index in [2.05, 4.69) is 5.32 Å². The quantitative estimate of drug-likeness (QED) is 0.825. The summed E-state index contributed by atoms with van der Waals surface area (Å²) in [6, 6.07) is 10.7. The first kappa shape index (κ1) is 14.9. The van der Waals surface area contributed by atoms with Crippen LogP contribution in [0, 0.1) is 0 Å². The molecule has 0 atom stereocenters. The molecule has 0 fully saturated rings. The topological polar surface area (TPSA) is 55.1 Å². The highest BCUT2D eigenvalue weighted by Gasteiger charge is 2.10. The summed E-state index contributed by atoms with van der Waals surface area (Å²) in [5.41, 5.74) is 8.48. The smallest absolute Gasteiger partial charge is 0.150 e. The SMILES string of the molecule is NCCNc1ccc(C=O)c(-c2ccc(Cl)cc2Cl)c1. The molecule has 3 N–H and O–H groups in total. The number of carbonyl (C=O) groups is 1. The van der Waals surface area contributed by atoms with E-state index in [1.807, 2.05) is 12.1 Å². The van der Waals surface area contributed by atoms with Gasteiger partial charge in [-0.1, -0.05) is 29.3 Å². The van der Waals surface area contributed by atoms with Gasteiger partial charge in [0, 0.05) is 39.9 Å².